The molecule has 0 saturated heterocycles. The smallest absolute Gasteiger partial charge is 0.221 e. The zero-order valence-electron chi connectivity index (χ0n) is 15.0. The van der Waals surface area contributed by atoms with Crippen LogP contribution >= 0.6 is 27.3 Å². The molecular weight excluding hydrogens is 424 g/mol. The molecule has 0 atom stereocenters. The maximum atomic E-state index is 11.1. The Morgan fingerprint density at radius 2 is 1.96 bits per heavy atom. The molecule has 0 bridgehead atoms. The number of aromatic nitrogens is 1. The van der Waals surface area contributed by atoms with Crippen LogP contribution in [0.1, 0.15) is 19.4 Å². The molecule has 2 aromatic carbocycles. The van der Waals surface area contributed by atoms with Gasteiger partial charge in [-0.25, -0.2) is 4.68 Å². The fourth-order valence-corrected chi connectivity index (χ4v) is 3.87. The lowest BCUT2D eigenvalue weighted by molar-refractivity contribution is -0.114. The normalized spacial score (nSPS) is 11.9. The third kappa shape index (κ3) is 4.81. The number of anilines is 1. The third-order valence-corrected chi connectivity index (χ3v) is 5.23. The molecule has 0 aliphatic rings. The van der Waals surface area contributed by atoms with Crippen molar-refractivity contribution in [2.45, 2.75) is 13.8 Å². The SMILES string of the molecule is CCN=c1scc(-c2ccccc2Br)n1N=Cc1ccc(NC(C)=O)cc1. The summed E-state index contributed by atoms with van der Waals surface area (Å²) in [5, 5.41) is 9.48. The van der Waals surface area contributed by atoms with Crippen LogP contribution in [0.25, 0.3) is 11.3 Å². The Labute approximate surface area is 170 Å². The van der Waals surface area contributed by atoms with E-state index in [-0.39, 0.29) is 5.91 Å². The van der Waals surface area contributed by atoms with Crippen molar-refractivity contribution in [2.24, 2.45) is 10.1 Å². The molecule has 1 amide bonds. The fourth-order valence-electron chi connectivity index (χ4n) is 2.49. The summed E-state index contributed by atoms with van der Waals surface area (Å²) in [6.45, 7) is 4.19. The Bertz CT molecular complexity index is 1030. The Morgan fingerprint density at radius 1 is 1.22 bits per heavy atom. The summed E-state index contributed by atoms with van der Waals surface area (Å²) in [4.78, 5) is 16.5. The summed E-state index contributed by atoms with van der Waals surface area (Å²) in [6, 6.07) is 15.6. The van der Waals surface area contributed by atoms with Gasteiger partial charge in [0, 0.05) is 34.6 Å². The van der Waals surface area contributed by atoms with E-state index in [1.54, 1.807) is 17.6 Å². The summed E-state index contributed by atoms with van der Waals surface area (Å²) in [7, 11) is 0. The minimum atomic E-state index is -0.0888. The van der Waals surface area contributed by atoms with Gasteiger partial charge in [0.2, 0.25) is 10.7 Å². The Balaban J connectivity index is 1.97. The lowest BCUT2D eigenvalue weighted by Gasteiger charge is -2.06. The van der Waals surface area contributed by atoms with E-state index < -0.39 is 0 Å². The maximum absolute atomic E-state index is 11.1. The van der Waals surface area contributed by atoms with E-state index in [9.17, 15) is 4.79 Å². The van der Waals surface area contributed by atoms with Gasteiger partial charge in [-0.3, -0.25) is 9.79 Å². The fraction of sp³-hybridized carbons (Fsp3) is 0.150. The first-order valence-electron chi connectivity index (χ1n) is 8.46. The van der Waals surface area contributed by atoms with Crippen LogP contribution in [0, 0.1) is 0 Å². The molecule has 0 unspecified atom stereocenters. The molecule has 0 aliphatic carbocycles. The minimum Gasteiger partial charge on any atom is -0.326 e. The molecule has 0 aliphatic heterocycles. The van der Waals surface area contributed by atoms with Crippen molar-refractivity contribution >= 4 is 45.1 Å². The Kier molecular flexibility index (Phi) is 6.36. The van der Waals surface area contributed by atoms with Crippen LogP contribution in [0.5, 0.6) is 0 Å². The molecule has 0 saturated carbocycles. The number of thiazole rings is 1. The van der Waals surface area contributed by atoms with Crippen molar-refractivity contribution in [1.82, 2.24) is 4.68 Å². The standard InChI is InChI=1S/C20H19BrN4OS/c1-3-22-20-25(19(13-27-20)17-6-4-5-7-18(17)21)23-12-15-8-10-16(11-9-15)24-14(2)26/h4-13H,3H2,1-2H3,(H,24,26). The van der Waals surface area contributed by atoms with Crippen molar-refractivity contribution in [3.8, 4) is 11.3 Å². The summed E-state index contributed by atoms with van der Waals surface area (Å²) < 4.78 is 2.87. The summed E-state index contributed by atoms with van der Waals surface area (Å²) in [5.41, 5.74) is 3.73. The molecular formula is C20H19BrN4OS. The highest BCUT2D eigenvalue weighted by Crippen LogP contribution is 2.28. The highest BCUT2D eigenvalue weighted by Gasteiger charge is 2.10. The topological polar surface area (TPSA) is 58.8 Å². The number of benzene rings is 2. The van der Waals surface area contributed by atoms with Crippen LogP contribution in [0.3, 0.4) is 0 Å². The van der Waals surface area contributed by atoms with Crippen LogP contribution in [-0.2, 0) is 4.79 Å². The average Bonchev–Trinajstić information content (AvgIpc) is 3.04. The van der Waals surface area contributed by atoms with Gasteiger partial charge in [-0.1, -0.05) is 46.3 Å². The Morgan fingerprint density at radius 3 is 2.63 bits per heavy atom. The van der Waals surface area contributed by atoms with Crippen LogP contribution < -0.4 is 10.1 Å². The molecule has 27 heavy (non-hydrogen) atoms. The molecule has 1 N–H and O–H groups in total. The molecule has 138 valence electrons. The number of hydrogen-bond acceptors (Lipinski definition) is 4. The molecule has 0 fully saturated rings. The van der Waals surface area contributed by atoms with Gasteiger partial charge in [-0.2, -0.15) is 5.10 Å². The van der Waals surface area contributed by atoms with E-state index in [4.69, 9.17) is 0 Å². The van der Waals surface area contributed by atoms with Crippen molar-refractivity contribution in [2.75, 3.05) is 11.9 Å². The third-order valence-electron chi connectivity index (χ3n) is 3.68. The monoisotopic (exact) mass is 442 g/mol. The largest absolute Gasteiger partial charge is 0.326 e. The summed E-state index contributed by atoms with van der Waals surface area (Å²) in [5.74, 6) is -0.0888. The van der Waals surface area contributed by atoms with Gasteiger partial charge in [-0.05, 0) is 30.7 Å². The maximum Gasteiger partial charge on any atom is 0.221 e. The zero-order chi connectivity index (χ0) is 19.2. The second-order valence-electron chi connectivity index (χ2n) is 5.72. The van der Waals surface area contributed by atoms with Crippen LogP contribution in [-0.4, -0.2) is 23.3 Å². The number of amides is 1. The summed E-state index contributed by atoms with van der Waals surface area (Å²) in [6.07, 6.45) is 1.79. The van der Waals surface area contributed by atoms with Gasteiger partial charge in [0.15, 0.2) is 0 Å². The highest BCUT2D eigenvalue weighted by atomic mass is 79.9. The second-order valence-corrected chi connectivity index (χ2v) is 7.41. The molecule has 0 radical (unpaired) electrons. The zero-order valence-corrected chi connectivity index (χ0v) is 17.4. The van der Waals surface area contributed by atoms with Crippen molar-refractivity contribution in [1.29, 1.82) is 0 Å². The number of carbonyl (C=O) groups is 1. The van der Waals surface area contributed by atoms with Gasteiger partial charge >= 0.3 is 0 Å². The number of hydrogen-bond donors (Lipinski definition) is 1. The summed E-state index contributed by atoms with van der Waals surface area (Å²) >= 11 is 5.18. The molecule has 1 heterocycles. The first-order chi connectivity index (χ1) is 13.1. The first kappa shape index (κ1) is 19.3. The highest BCUT2D eigenvalue weighted by molar-refractivity contribution is 9.10. The predicted octanol–water partition coefficient (Wildman–Crippen LogP) is 4.74. The van der Waals surface area contributed by atoms with Gasteiger partial charge in [0.1, 0.15) is 0 Å². The van der Waals surface area contributed by atoms with E-state index >= 15 is 0 Å². The second kappa shape index (κ2) is 8.92. The predicted molar refractivity (Wildman–Crippen MR) is 115 cm³/mol. The van der Waals surface area contributed by atoms with Crippen molar-refractivity contribution < 1.29 is 4.79 Å². The average molecular weight is 443 g/mol. The van der Waals surface area contributed by atoms with Crippen LogP contribution in [0.2, 0.25) is 0 Å². The number of nitrogens with zero attached hydrogens (tertiary/aromatic N) is 3. The van der Waals surface area contributed by atoms with Crippen LogP contribution in [0.4, 0.5) is 5.69 Å². The number of halogens is 1. The van der Waals surface area contributed by atoms with E-state index in [2.05, 4.69) is 42.8 Å². The van der Waals surface area contributed by atoms with Crippen molar-refractivity contribution in [3.63, 3.8) is 0 Å². The van der Waals surface area contributed by atoms with Crippen LogP contribution in [0.15, 0.2) is 68.5 Å². The first-order valence-corrected chi connectivity index (χ1v) is 10.1. The van der Waals surface area contributed by atoms with E-state index in [0.717, 1.165) is 31.8 Å². The molecule has 3 rings (SSSR count). The minimum absolute atomic E-state index is 0.0888. The molecule has 1 aromatic heterocycles. The van der Waals surface area contributed by atoms with Gasteiger partial charge in [-0.15, -0.1) is 11.3 Å². The molecule has 7 heteroatoms. The van der Waals surface area contributed by atoms with E-state index in [1.807, 2.05) is 54.1 Å². The van der Waals surface area contributed by atoms with E-state index in [0.29, 0.717) is 6.54 Å². The Hall–Kier alpha value is -2.51. The quantitative estimate of drug-likeness (QED) is 0.569. The van der Waals surface area contributed by atoms with Gasteiger partial charge in [0.25, 0.3) is 0 Å². The molecule has 5 nitrogen and oxygen atoms in total. The van der Waals surface area contributed by atoms with E-state index in [1.165, 1.54) is 6.92 Å². The molecule has 0 spiro atoms. The number of rotatable bonds is 5. The van der Waals surface area contributed by atoms with Crippen molar-refractivity contribution in [3.05, 3.63) is 68.7 Å². The lowest BCUT2D eigenvalue weighted by atomic mass is 10.2. The molecule has 3 aromatic rings. The van der Waals surface area contributed by atoms with Gasteiger partial charge in [0.05, 0.1) is 11.9 Å². The number of nitrogens with one attached hydrogen (secondary N) is 1. The van der Waals surface area contributed by atoms with Gasteiger partial charge < -0.3 is 5.32 Å². The number of carbonyl (C=O) groups excluding carboxylic acids is 1. The lowest BCUT2D eigenvalue weighted by Crippen LogP contribution is -2.12.